The zero-order valence-electron chi connectivity index (χ0n) is 8.62. The van der Waals surface area contributed by atoms with Gasteiger partial charge in [0, 0.05) is 7.05 Å². The predicted molar refractivity (Wildman–Crippen MR) is 50.4 cm³/mol. The molecule has 0 amide bonds. The Hall–Kier alpha value is -0.690. The summed E-state index contributed by atoms with van der Waals surface area (Å²) in [6.07, 6.45) is 0. The number of nitrogens with one attached hydrogen (secondary N) is 1. The van der Waals surface area contributed by atoms with Gasteiger partial charge in [-0.3, -0.25) is 9.63 Å². The van der Waals surface area contributed by atoms with Gasteiger partial charge in [-0.1, -0.05) is 0 Å². The van der Waals surface area contributed by atoms with Gasteiger partial charge in [0.05, 0.1) is 19.8 Å². The molecule has 0 heterocycles. The molecule has 0 radical (unpaired) electrons. The maximum Gasteiger partial charge on any atom is 0.322 e. The molecule has 6 nitrogen and oxygen atoms in total. The Kier molecular flexibility index (Phi) is 8.45. The van der Waals surface area contributed by atoms with Crippen molar-refractivity contribution >= 4 is 5.97 Å². The first-order chi connectivity index (χ1) is 6.68. The van der Waals surface area contributed by atoms with Gasteiger partial charge >= 0.3 is 5.97 Å². The van der Waals surface area contributed by atoms with E-state index >= 15 is 0 Å². The number of carbonyl (C=O) groups is 1. The average molecular weight is 206 g/mol. The SMILES string of the molecule is CNOCCOCCOC(=O)[C@H](C)N. The molecule has 0 aromatic rings. The Balaban J connectivity index is 3.10. The summed E-state index contributed by atoms with van der Waals surface area (Å²) in [4.78, 5) is 15.6. The second-order valence-electron chi connectivity index (χ2n) is 2.62. The molecule has 3 N–H and O–H groups in total. The molecular weight excluding hydrogens is 188 g/mol. The van der Waals surface area contributed by atoms with E-state index in [0.29, 0.717) is 19.8 Å². The van der Waals surface area contributed by atoms with Crippen molar-refractivity contribution < 1.29 is 19.1 Å². The minimum atomic E-state index is -0.581. The Bertz CT molecular complexity index is 152. The van der Waals surface area contributed by atoms with Gasteiger partial charge in [0.25, 0.3) is 0 Å². The number of carbonyl (C=O) groups excluding carboxylic acids is 1. The van der Waals surface area contributed by atoms with E-state index in [4.69, 9.17) is 20.0 Å². The molecule has 0 saturated heterocycles. The van der Waals surface area contributed by atoms with Gasteiger partial charge < -0.3 is 15.2 Å². The lowest BCUT2D eigenvalue weighted by molar-refractivity contribution is -0.146. The third-order valence-corrected chi connectivity index (χ3v) is 1.32. The van der Waals surface area contributed by atoms with Crippen molar-refractivity contribution in [1.82, 2.24) is 5.48 Å². The normalized spacial score (nSPS) is 12.5. The first kappa shape index (κ1) is 13.3. The lowest BCUT2D eigenvalue weighted by atomic mass is 10.4. The molecule has 0 unspecified atom stereocenters. The predicted octanol–water partition coefficient (Wildman–Crippen LogP) is -0.956. The number of ether oxygens (including phenoxy) is 2. The Morgan fingerprint density at radius 3 is 2.57 bits per heavy atom. The summed E-state index contributed by atoms with van der Waals surface area (Å²) in [5.74, 6) is -0.417. The molecule has 0 aliphatic heterocycles. The van der Waals surface area contributed by atoms with Crippen LogP contribution in [0.15, 0.2) is 0 Å². The topological polar surface area (TPSA) is 82.8 Å². The van der Waals surface area contributed by atoms with Crippen LogP contribution in [0.1, 0.15) is 6.92 Å². The molecule has 0 aromatic carbocycles. The first-order valence-electron chi connectivity index (χ1n) is 4.47. The molecule has 1 atom stereocenters. The van der Waals surface area contributed by atoms with Crippen LogP contribution < -0.4 is 11.2 Å². The number of hydrogen-bond donors (Lipinski definition) is 2. The summed E-state index contributed by atoms with van der Waals surface area (Å²) in [7, 11) is 1.67. The van der Waals surface area contributed by atoms with Gasteiger partial charge in [0.15, 0.2) is 0 Å². The molecule has 0 bridgehead atoms. The van der Waals surface area contributed by atoms with E-state index in [1.54, 1.807) is 14.0 Å². The highest BCUT2D eigenvalue weighted by atomic mass is 16.7. The number of hydrogen-bond acceptors (Lipinski definition) is 6. The standard InChI is InChI=1S/C8H18N2O4/c1-7(9)8(11)13-5-3-12-4-6-14-10-2/h7,10H,3-6,9H2,1-2H3/t7-/m0/s1. The summed E-state index contributed by atoms with van der Waals surface area (Å²) in [5.41, 5.74) is 7.78. The lowest BCUT2D eigenvalue weighted by Crippen LogP contribution is -2.29. The fourth-order valence-corrected chi connectivity index (χ4v) is 0.637. The van der Waals surface area contributed by atoms with Crippen molar-refractivity contribution in [2.75, 3.05) is 33.5 Å². The van der Waals surface area contributed by atoms with Crippen LogP contribution >= 0.6 is 0 Å². The molecule has 0 rings (SSSR count). The van der Waals surface area contributed by atoms with Crippen molar-refractivity contribution in [2.45, 2.75) is 13.0 Å². The van der Waals surface area contributed by atoms with E-state index in [0.717, 1.165) is 0 Å². The zero-order chi connectivity index (χ0) is 10.8. The maximum absolute atomic E-state index is 10.8. The van der Waals surface area contributed by atoms with Crippen LogP contribution in [0.3, 0.4) is 0 Å². The number of nitrogens with two attached hydrogens (primary N) is 1. The minimum absolute atomic E-state index is 0.222. The van der Waals surface area contributed by atoms with Gasteiger partial charge in [-0.25, -0.2) is 5.48 Å². The van der Waals surface area contributed by atoms with Gasteiger partial charge in [-0.2, -0.15) is 0 Å². The summed E-state index contributed by atoms with van der Waals surface area (Å²) < 4.78 is 9.85. The molecule has 0 aromatic heterocycles. The molecule has 0 aliphatic carbocycles. The van der Waals surface area contributed by atoms with Gasteiger partial charge in [-0.05, 0) is 6.92 Å². The minimum Gasteiger partial charge on any atom is -0.462 e. The third-order valence-electron chi connectivity index (χ3n) is 1.32. The van der Waals surface area contributed by atoms with Crippen LogP contribution in [0.4, 0.5) is 0 Å². The van der Waals surface area contributed by atoms with Crippen molar-refractivity contribution in [3.05, 3.63) is 0 Å². The molecule has 6 heteroatoms. The summed E-state index contributed by atoms with van der Waals surface area (Å²) in [6, 6.07) is -0.581. The second-order valence-corrected chi connectivity index (χ2v) is 2.62. The summed E-state index contributed by atoms with van der Waals surface area (Å²) in [5, 5.41) is 0. The van der Waals surface area contributed by atoms with E-state index in [9.17, 15) is 4.79 Å². The molecule has 14 heavy (non-hydrogen) atoms. The van der Waals surface area contributed by atoms with Crippen molar-refractivity contribution in [3.63, 3.8) is 0 Å². The number of hydroxylamine groups is 1. The van der Waals surface area contributed by atoms with Gasteiger partial charge in [0.1, 0.15) is 12.6 Å². The third kappa shape index (κ3) is 7.93. The quantitative estimate of drug-likeness (QED) is 0.302. The Morgan fingerprint density at radius 2 is 2.00 bits per heavy atom. The molecule has 0 saturated carbocycles. The van der Waals surface area contributed by atoms with E-state index in [-0.39, 0.29) is 6.61 Å². The van der Waals surface area contributed by atoms with Crippen LogP contribution in [0.2, 0.25) is 0 Å². The highest BCUT2D eigenvalue weighted by molar-refractivity contribution is 5.74. The fraction of sp³-hybridized carbons (Fsp3) is 0.875. The van der Waals surface area contributed by atoms with Crippen molar-refractivity contribution in [1.29, 1.82) is 0 Å². The fourth-order valence-electron chi connectivity index (χ4n) is 0.637. The molecular formula is C8H18N2O4. The van der Waals surface area contributed by atoms with E-state index in [1.165, 1.54) is 0 Å². The summed E-state index contributed by atoms with van der Waals surface area (Å²) in [6.45, 7) is 3.06. The molecule has 0 aliphatic rings. The summed E-state index contributed by atoms with van der Waals surface area (Å²) >= 11 is 0. The highest BCUT2D eigenvalue weighted by Gasteiger charge is 2.07. The lowest BCUT2D eigenvalue weighted by Gasteiger charge is -2.07. The van der Waals surface area contributed by atoms with Crippen molar-refractivity contribution in [3.8, 4) is 0 Å². The van der Waals surface area contributed by atoms with Crippen molar-refractivity contribution in [2.24, 2.45) is 5.73 Å². The smallest absolute Gasteiger partial charge is 0.322 e. The average Bonchev–Trinajstić information content (AvgIpc) is 2.16. The Labute approximate surface area is 83.6 Å². The van der Waals surface area contributed by atoms with Gasteiger partial charge in [0.2, 0.25) is 0 Å². The largest absolute Gasteiger partial charge is 0.462 e. The van der Waals surface area contributed by atoms with Crippen LogP contribution in [0.25, 0.3) is 0 Å². The molecule has 0 spiro atoms. The van der Waals surface area contributed by atoms with Crippen LogP contribution in [0.5, 0.6) is 0 Å². The molecule has 0 fully saturated rings. The monoisotopic (exact) mass is 206 g/mol. The maximum atomic E-state index is 10.8. The Morgan fingerprint density at radius 1 is 1.36 bits per heavy atom. The number of rotatable bonds is 8. The second kappa shape index (κ2) is 8.89. The highest BCUT2D eigenvalue weighted by Crippen LogP contribution is 1.84. The first-order valence-corrected chi connectivity index (χ1v) is 4.47. The van der Waals surface area contributed by atoms with E-state index < -0.39 is 12.0 Å². The zero-order valence-corrected chi connectivity index (χ0v) is 8.62. The van der Waals surface area contributed by atoms with Gasteiger partial charge in [-0.15, -0.1) is 0 Å². The number of esters is 1. The van der Waals surface area contributed by atoms with E-state index in [2.05, 4.69) is 5.48 Å². The van der Waals surface area contributed by atoms with E-state index in [1.807, 2.05) is 0 Å². The van der Waals surface area contributed by atoms with Crippen LogP contribution in [-0.2, 0) is 19.1 Å². The van der Waals surface area contributed by atoms with Crippen LogP contribution in [0, 0.1) is 0 Å². The van der Waals surface area contributed by atoms with Crippen LogP contribution in [-0.4, -0.2) is 45.5 Å². The molecule has 84 valence electrons.